The van der Waals surface area contributed by atoms with Crippen molar-refractivity contribution in [3.05, 3.63) is 64.6 Å². The Labute approximate surface area is 191 Å². The van der Waals surface area contributed by atoms with Gasteiger partial charge in [-0.15, -0.1) is 0 Å². The minimum Gasteiger partial charge on any atom is -0.497 e. The fourth-order valence-corrected chi connectivity index (χ4v) is 3.93. The molecule has 1 fully saturated rings. The summed E-state index contributed by atoms with van der Waals surface area (Å²) in [6.45, 7) is 2.18. The molecule has 0 aliphatic carbocycles. The van der Waals surface area contributed by atoms with Crippen molar-refractivity contribution in [2.75, 3.05) is 44.8 Å². The quantitative estimate of drug-likeness (QED) is 0.524. The van der Waals surface area contributed by atoms with Gasteiger partial charge in [0.2, 0.25) is 0 Å². The molecule has 2 heterocycles. The van der Waals surface area contributed by atoms with Gasteiger partial charge in [-0.25, -0.2) is 4.68 Å². The first kappa shape index (κ1) is 22.3. The molecular weight excluding hydrogens is 424 g/mol. The molecule has 1 amide bonds. The number of carbonyl (C=O) groups excluding carboxylic acids is 2. The molecule has 1 saturated heterocycles. The van der Waals surface area contributed by atoms with Crippen molar-refractivity contribution in [3.63, 3.8) is 0 Å². The molecule has 33 heavy (non-hydrogen) atoms. The first-order chi connectivity index (χ1) is 16.0. The van der Waals surface area contributed by atoms with Gasteiger partial charge in [0.15, 0.2) is 6.61 Å². The number of piperazine rings is 1. The van der Waals surface area contributed by atoms with Gasteiger partial charge < -0.3 is 19.3 Å². The average Bonchev–Trinajstić information content (AvgIpc) is 2.86. The van der Waals surface area contributed by atoms with Crippen LogP contribution in [0.25, 0.3) is 10.8 Å². The number of amides is 1. The lowest BCUT2D eigenvalue weighted by Crippen LogP contribution is -2.50. The topological polar surface area (TPSA) is 94.0 Å². The SMILES string of the molecule is COc1ccc(N2CCN(C(=O)COC(=O)Cc3nn(C)c(=O)c4ccccc34)CC2)cc1. The maximum Gasteiger partial charge on any atom is 0.312 e. The first-order valence-electron chi connectivity index (χ1n) is 10.7. The summed E-state index contributed by atoms with van der Waals surface area (Å²) in [5.74, 6) is 0.0165. The minimum absolute atomic E-state index is 0.118. The molecular formula is C24H26N4O5. The number of benzene rings is 2. The summed E-state index contributed by atoms with van der Waals surface area (Å²) in [5, 5.41) is 5.30. The molecule has 0 radical (unpaired) electrons. The number of aromatic nitrogens is 2. The normalized spacial score (nSPS) is 13.8. The van der Waals surface area contributed by atoms with Crippen molar-refractivity contribution in [2.45, 2.75) is 6.42 Å². The van der Waals surface area contributed by atoms with E-state index in [1.165, 1.54) is 4.68 Å². The molecule has 2 aromatic carbocycles. The van der Waals surface area contributed by atoms with Crippen LogP contribution >= 0.6 is 0 Å². The summed E-state index contributed by atoms with van der Waals surface area (Å²) in [6.07, 6.45) is -0.118. The van der Waals surface area contributed by atoms with E-state index >= 15 is 0 Å². The van der Waals surface area contributed by atoms with Crippen LogP contribution in [-0.2, 0) is 27.8 Å². The first-order valence-corrected chi connectivity index (χ1v) is 10.7. The van der Waals surface area contributed by atoms with Crippen molar-refractivity contribution in [2.24, 2.45) is 7.05 Å². The number of rotatable bonds is 6. The number of nitrogens with zero attached hydrogens (tertiary/aromatic N) is 4. The van der Waals surface area contributed by atoms with Crippen molar-refractivity contribution in [1.29, 1.82) is 0 Å². The number of fused-ring (bicyclic) bond motifs is 1. The molecule has 0 atom stereocenters. The Morgan fingerprint density at radius 2 is 1.64 bits per heavy atom. The molecule has 3 aromatic rings. The van der Waals surface area contributed by atoms with Crippen LogP contribution in [0.15, 0.2) is 53.3 Å². The van der Waals surface area contributed by atoms with Gasteiger partial charge in [0.25, 0.3) is 11.5 Å². The maximum absolute atomic E-state index is 12.5. The zero-order chi connectivity index (χ0) is 23.4. The lowest BCUT2D eigenvalue weighted by atomic mass is 10.1. The number of aryl methyl sites for hydroxylation is 1. The van der Waals surface area contributed by atoms with E-state index < -0.39 is 5.97 Å². The second-order valence-electron chi connectivity index (χ2n) is 7.82. The third-order valence-electron chi connectivity index (χ3n) is 5.77. The molecule has 0 spiro atoms. The third-order valence-corrected chi connectivity index (χ3v) is 5.77. The summed E-state index contributed by atoms with van der Waals surface area (Å²) in [6, 6.07) is 14.8. The monoisotopic (exact) mass is 450 g/mol. The van der Waals surface area contributed by atoms with Crippen molar-refractivity contribution in [1.82, 2.24) is 14.7 Å². The van der Waals surface area contributed by atoms with Crippen LogP contribution in [-0.4, -0.2) is 66.5 Å². The molecule has 1 aliphatic rings. The number of methoxy groups -OCH3 is 1. The third kappa shape index (κ3) is 4.97. The van der Waals surface area contributed by atoms with E-state index in [0.29, 0.717) is 42.6 Å². The van der Waals surface area contributed by atoms with Gasteiger partial charge in [-0.3, -0.25) is 14.4 Å². The summed E-state index contributed by atoms with van der Waals surface area (Å²) in [5.41, 5.74) is 1.29. The smallest absolute Gasteiger partial charge is 0.312 e. The second-order valence-corrected chi connectivity index (χ2v) is 7.82. The van der Waals surface area contributed by atoms with E-state index in [-0.39, 0.29) is 24.5 Å². The van der Waals surface area contributed by atoms with Crippen LogP contribution in [0.2, 0.25) is 0 Å². The molecule has 9 nitrogen and oxygen atoms in total. The summed E-state index contributed by atoms with van der Waals surface area (Å²) >= 11 is 0. The Balaban J connectivity index is 1.30. The predicted molar refractivity (Wildman–Crippen MR) is 123 cm³/mol. The van der Waals surface area contributed by atoms with Crippen LogP contribution in [0.5, 0.6) is 5.75 Å². The fourth-order valence-electron chi connectivity index (χ4n) is 3.93. The van der Waals surface area contributed by atoms with Gasteiger partial charge in [-0.2, -0.15) is 5.10 Å². The molecule has 0 bridgehead atoms. The van der Waals surface area contributed by atoms with Crippen LogP contribution in [0, 0.1) is 0 Å². The second kappa shape index (κ2) is 9.72. The highest BCUT2D eigenvalue weighted by Gasteiger charge is 2.23. The van der Waals surface area contributed by atoms with Gasteiger partial charge in [-0.1, -0.05) is 18.2 Å². The summed E-state index contributed by atoms with van der Waals surface area (Å²) < 4.78 is 11.6. The van der Waals surface area contributed by atoms with E-state index in [2.05, 4.69) is 10.00 Å². The van der Waals surface area contributed by atoms with Crippen molar-refractivity contribution >= 4 is 28.3 Å². The van der Waals surface area contributed by atoms with Crippen LogP contribution in [0.3, 0.4) is 0 Å². The zero-order valence-electron chi connectivity index (χ0n) is 18.7. The number of esters is 1. The molecule has 0 unspecified atom stereocenters. The molecule has 1 aliphatic heterocycles. The highest BCUT2D eigenvalue weighted by atomic mass is 16.5. The Morgan fingerprint density at radius 1 is 0.970 bits per heavy atom. The van der Waals surface area contributed by atoms with Gasteiger partial charge in [-0.05, 0) is 30.3 Å². The zero-order valence-corrected chi connectivity index (χ0v) is 18.7. The van der Waals surface area contributed by atoms with Crippen LogP contribution in [0.4, 0.5) is 5.69 Å². The number of ether oxygens (including phenoxy) is 2. The minimum atomic E-state index is -0.559. The van der Waals surface area contributed by atoms with Gasteiger partial charge in [0, 0.05) is 44.3 Å². The molecule has 9 heteroatoms. The lowest BCUT2D eigenvalue weighted by Gasteiger charge is -2.36. The molecule has 0 saturated carbocycles. The van der Waals surface area contributed by atoms with E-state index in [1.54, 1.807) is 43.3 Å². The Bertz CT molecular complexity index is 1210. The van der Waals surface area contributed by atoms with Crippen molar-refractivity contribution < 1.29 is 19.1 Å². The molecule has 172 valence electrons. The molecule has 1 aromatic heterocycles. The number of hydrogen-bond donors (Lipinski definition) is 0. The highest BCUT2D eigenvalue weighted by molar-refractivity contribution is 5.87. The lowest BCUT2D eigenvalue weighted by molar-refractivity contribution is -0.151. The highest BCUT2D eigenvalue weighted by Crippen LogP contribution is 2.20. The van der Waals surface area contributed by atoms with Gasteiger partial charge in [0.1, 0.15) is 5.75 Å². The fraction of sp³-hybridized carbons (Fsp3) is 0.333. The Morgan fingerprint density at radius 3 is 2.30 bits per heavy atom. The van der Waals surface area contributed by atoms with Gasteiger partial charge >= 0.3 is 5.97 Å². The number of hydrogen-bond acceptors (Lipinski definition) is 7. The summed E-state index contributed by atoms with van der Waals surface area (Å²) in [4.78, 5) is 41.1. The Hall–Kier alpha value is -3.88. The van der Waals surface area contributed by atoms with E-state index in [4.69, 9.17) is 9.47 Å². The average molecular weight is 450 g/mol. The van der Waals surface area contributed by atoms with Crippen molar-refractivity contribution in [3.8, 4) is 5.75 Å². The largest absolute Gasteiger partial charge is 0.497 e. The van der Waals surface area contributed by atoms with Crippen LogP contribution in [0.1, 0.15) is 5.69 Å². The predicted octanol–water partition coefficient (Wildman–Crippen LogP) is 1.38. The van der Waals surface area contributed by atoms with Gasteiger partial charge in [0.05, 0.1) is 24.6 Å². The molecule has 0 N–H and O–H groups in total. The van der Waals surface area contributed by atoms with E-state index in [1.807, 2.05) is 24.3 Å². The maximum atomic E-state index is 12.5. The molecule has 4 rings (SSSR count). The van der Waals surface area contributed by atoms with Crippen LogP contribution < -0.4 is 15.2 Å². The number of carbonyl (C=O) groups is 2. The standard InChI is InChI=1S/C24H26N4O5/c1-26-24(31)20-6-4-3-5-19(20)21(25-26)15-23(30)33-16-22(29)28-13-11-27(12-14-28)17-7-9-18(32-2)10-8-17/h3-10H,11-16H2,1-2H3. The summed E-state index contributed by atoms with van der Waals surface area (Å²) in [7, 11) is 3.17. The van der Waals surface area contributed by atoms with E-state index in [0.717, 1.165) is 11.4 Å². The number of anilines is 1. The van der Waals surface area contributed by atoms with E-state index in [9.17, 15) is 14.4 Å². The Kier molecular flexibility index (Phi) is 6.58.